The lowest BCUT2D eigenvalue weighted by atomic mass is 10.0. The molecule has 0 aromatic heterocycles. The lowest BCUT2D eigenvalue weighted by molar-refractivity contribution is 0.0734. The normalized spacial score (nSPS) is 11.1. The van der Waals surface area contributed by atoms with E-state index in [0.29, 0.717) is 22.7 Å². The summed E-state index contributed by atoms with van der Waals surface area (Å²) in [6, 6.07) is 19.6. The summed E-state index contributed by atoms with van der Waals surface area (Å²) >= 11 is 0. The van der Waals surface area contributed by atoms with Crippen LogP contribution in [0, 0.1) is 6.92 Å². The van der Waals surface area contributed by atoms with Gasteiger partial charge in [-0.15, -0.1) is 0 Å². The van der Waals surface area contributed by atoms with Crippen molar-refractivity contribution in [3.8, 4) is 17.2 Å². The number of nitrogens with zero attached hydrogens (tertiary/aromatic N) is 2. The molecule has 0 aliphatic rings. The molecule has 0 heterocycles. The van der Waals surface area contributed by atoms with Gasteiger partial charge < -0.3 is 14.2 Å². The Morgan fingerprint density at radius 1 is 0.628 bits per heavy atom. The maximum atomic E-state index is 12.4. The van der Waals surface area contributed by atoms with Gasteiger partial charge in [0.25, 0.3) is 0 Å². The molecule has 0 saturated heterocycles. The first-order valence-electron chi connectivity index (χ1n) is 16.2. The van der Waals surface area contributed by atoms with Crippen LogP contribution in [0.4, 0.5) is 11.4 Å². The second kappa shape index (κ2) is 20.3. The van der Waals surface area contributed by atoms with Crippen molar-refractivity contribution in [1.29, 1.82) is 0 Å². The van der Waals surface area contributed by atoms with E-state index in [9.17, 15) is 4.79 Å². The third kappa shape index (κ3) is 13.5. The largest absolute Gasteiger partial charge is 0.497 e. The molecule has 0 aliphatic carbocycles. The summed E-state index contributed by atoms with van der Waals surface area (Å²) in [4.78, 5) is 12.4. The van der Waals surface area contributed by atoms with Crippen molar-refractivity contribution < 1.29 is 19.0 Å². The van der Waals surface area contributed by atoms with Crippen LogP contribution in [0.1, 0.15) is 113 Å². The van der Waals surface area contributed by atoms with Crippen LogP contribution < -0.4 is 14.2 Å². The van der Waals surface area contributed by atoms with Gasteiger partial charge in [0.1, 0.15) is 17.2 Å². The number of aryl methyl sites for hydroxylation is 1. The van der Waals surface area contributed by atoms with Gasteiger partial charge in [-0.2, -0.15) is 10.2 Å². The summed E-state index contributed by atoms with van der Waals surface area (Å²) in [7, 11) is 1.59. The van der Waals surface area contributed by atoms with Gasteiger partial charge in [0.05, 0.1) is 30.7 Å². The van der Waals surface area contributed by atoms with Crippen LogP contribution in [-0.2, 0) is 0 Å². The second-order valence-electron chi connectivity index (χ2n) is 11.2. The van der Waals surface area contributed by atoms with E-state index in [0.717, 1.165) is 30.0 Å². The number of hydrogen-bond donors (Lipinski definition) is 0. The number of azo groups is 1. The minimum atomic E-state index is -0.436. The van der Waals surface area contributed by atoms with Crippen LogP contribution in [-0.4, -0.2) is 19.7 Å². The van der Waals surface area contributed by atoms with Crippen molar-refractivity contribution >= 4 is 17.3 Å². The highest BCUT2D eigenvalue weighted by Crippen LogP contribution is 2.27. The van der Waals surface area contributed by atoms with E-state index in [-0.39, 0.29) is 0 Å². The number of carbonyl (C=O) groups excluding carboxylic acids is 1. The first kappa shape index (κ1) is 33.8. The molecule has 0 radical (unpaired) electrons. The van der Waals surface area contributed by atoms with E-state index in [4.69, 9.17) is 14.2 Å². The number of carbonyl (C=O) groups is 1. The molecule has 0 fully saturated rings. The van der Waals surface area contributed by atoms with Gasteiger partial charge in [-0.05, 0) is 85.6 Å². The van der Waals surface area contributed by atoms with Crippen LogP contribution in [0.15, 0.2) is 77.0 Å². The first-order chi connectivity index (χ1) is 21.1. The van der Waals surface area contributed by atoms with Gasteiger partial charge in [-0.1, -0.05) is 90.4 Å². The lowest BCUT2D eigenvalue weighted by Crippen LogP contribution is -2.07. The van der Waals surface area contributed by atoms with E-state index in [1.165, 1.54) is 83.5 Å². The minimum absolute atomic E-state index is 0.436. The fourth-order valence-electron chi connectivity index (χ4n) is 4.90. The van der Waals surface area contributed by atoms with Gasteiger partial charge >= 0.3 is 5.97 Å². The average molecular weight is 587 g/mol. The molecule has 0 spiro atoms. The van der Waals surface area contributed by atoms with E-state index in [2.05, 4.69) is 17.2 Å². The molecule has 0 atom stereocenters. The maximum absolute atomic E-state index is 12.4. The number of rotatable bonds is 21. The Morgan fingerprint density at radius 2 is 1.16 bits per heavy atom. The SMILES string of the molecule is CCCCCCCCCCCCCCCCOc1ccc(N=Nc2ccc(C(=O)Oc3ccc(OC)cc3)cc2)c(C)c1. The molecule has 0 amide bonds. The first-order valence-corrected chi connectivity index (χ1v) is 16.2. The van der Waals surface area contributed by atoms with Gasteiger partial charge in [-0.25, -0.2) is 4.79 Å². The highest BCUT2D eigenvalue weighted by atomic mass is 16.5. The van der Waals surface area contributed by atoms with Crippen molar-refractivity contribution in [1.82, 2.24) is 0 Å². The van der Waals surface area contributed by atoms with Crippen LogP contribution in [0.5, 0.6) is 17.2 Å². The van der Waals surface area contributed by atoms with Crippen LogP contribution in [0.2, 0.25) is 0 Å². The van der Waals surface area contributed by atoms with Gasteiger partial charge in [0, 0.05) is 0 Å². The third-order valence-electron chi connectivity index (χ3n) is 7.58. The molecule has 0 saturated carbocycles. The van der Waals surface area contributed by atoms with Crippen LogP contribution >= 0.6 is 0 Å². The molecule has 6 heteroatoms. The van der Waals surface area contributed by atoms with Gasteiger partial charge in [-0.3, -0.25) is 0 Å². The van der Waals surface area contributed by atoms with E-state index >= 15 is 0 Å². The second-order valence-corrected chi connectivity index (χ2v) is 11.2. The minimum Gasteiger partial charge on any atom is -0.497 e. The molecule has 0 aliphatic heterocycles. The Hall–Kier alpha value is -3.67. The molecule has 6 nitrogen and oxygen atoms in total. The topological polar surface area (TPSA) is 69.5 Å². The van der Waals surface area contributed by atoms with Crippen LogP contribution in [0.25, 0.3) is 0 Å². The molecule has 3 rings (SSSR count). The molecule has 3 aromatic rings. The molecular formula is C37H50N2O4. The van der Waals surface area contributed by atoms with Crippen LogP contribution in [0.3, 0.4) is 0 Å². The van der Waals surface area contributed by atoms with E-state index in [1.54, 1.807) is 55.6 Å². The number of unbranched alkanes of at least 4 members (excludes halogenated alkanes) is 13. The van der Waals surface area contributed by atoms with Gasteiger partial charge in [0.15, 0.2) is 0 Å². The standard InChI is InChI=1S/C37H50N2O4/c1-4-5-6-7-8-9-10-11-12-13-14-15-16-17-28-42-35-26-27-36(30(2)29-35)39-38-32-20-18-31(19-21-32)37(40)43-34-24-22-33(41-3)23-25-34/h18-27,29H,4-17,28H2,1-3H3. The van der Waals surface area contributed by atoms with E-state index < -0.39 is 5.97 Å². The fraction of sp³-hybridized carbons (Fsp3) is 0.486. The third-order valence-corrected chi connectivity index (χ3v) is 7.58. The molecule has 0 bridgehead atoms. The van der Waals surface area contributed by atoms with Gasteiger partial charge in [0.2, 0.25) is 0 Å². The Balaban J connectivity index is 1.29. The highest BCUT2D eigenvalue weighted by Gasteiger charge is 2.09. The fourth-order valence-corrected chi connectivity index (χ4v) is 4.90. The summed E-state index contributed by atoms with van der Waals surface area (Å²) in [6.45, 7) is 5.03. The number of methoxy groups -OCH3 is 1. The lowest BCUT2D eigenvalue weighted by Gasteiger charge is -2.08. The Bertz CT molecular complexity index is 1220. The quantitative estimate of drug-likeness (QED) is 0.0539. The summed E-state index contributed by atoms with van der Waals surface area (Å²) in [6.07, 6.45) is 18.9. The Labute approximate surface area is 258 Å². The number of hydrogen-bond acceptors (Lipinski definition) is 6. The Morgan fingerprint density at radius 3 is 1.72 bits per heavy atom. The zero-order valence-corrected chi connectivity index (χ0v) is 26.5. The average Bonchev–Trinajstić information content (AvgIpc) is 3.03. The number of ether oxygens (including phenoxy) is 3. The monoisotopic (exact) mass is 586 g/mol. The molecular weight excluding hydrogens is 536 g/mol. The van der Waals surface area contributed by atoms with Crippen molar-refractivity contribution in [3.05, 3.63) is 77.9 Å². The highest BCUT2D eigenvalue weighted by molar-refractivity contribution is 5.91. The van der Waals surface area contributed by atoms with E-state index in [1.807, 2.05) is 25.1 Å². The predicted octanol–water partition coefficient (Wildman–Crippen LogP) is 11.5. The summed E-state index contributed by atoms with van der Waals surface area (Å²) in [5, 5.41) is 8.73. The molecule has 232 valence electrons. The summed E-state index contributed by atoms with van der Waals surface area (Å²) in [5.74, 6) is 1.59. The summed E-state index contributed by atoms with van der Waals surface area (Å²) < 4.78 is 16.5. The molecule has 43 heavy (non-hydrogen) atoms. The van der Waals surface area contributed by atoms with Crippen molar-refractivity contribution in [2.75, 3.05) is 13.7 Å². The number of esters is 1. The predicted molar refractivity (Wildman–Crippen MR) is 176 cm³/mol. The van der Waals surface area contributed by atoms with Crippen molar-refractivity contribution in [3.63, 3.8) is 0 Å². The van der Waals surface area contributed by atoms with Crippen molar-refractivity contribution in [2.45, 2.75) is 104 Å². The smallest absolute Gasteiger partial charge is 0.343 e. The number of benzene rings is 3. The molecule has 3 aromatic carbocycles. The Kier molecular flexibility index (Phi) is 15.9. The zero-order chi connectivity index (χ0) is 30.5. The zero-order valence-electron chi connectivity index (χ0n) is 26.5. The molecule has 0 unspecified atom stereocenters. The molecule has 0 N–H and O–H groups in total. The van der Waals surface area contributed by atoms with Crippen molar-refractivity contribution in [2.24, 2.45) is 10.2 Å². The summed E-state index contributed by atoms with van der Waals surface area (Å²) in [5.41, 5.74) is 2.87. The maximum Gasteiger partial charge on any atom is 0.343 e.